The van der Waals surface area contributed by atoms with Gasteiger partial charge in [0.25, 0.3) is 0 Å². The van der Waals surface area contributed by atoms with E-state index >= 15 is 0 Å². The Morgan fingerprint density at radius 1 is 0.384 bits per heavy atom. The van der Waals surface area contributed by atoms with Gasteiger partial charge in [-0.3, -0.25) is 0 Å². The Hall–Kier alpha value is -6.84. The van der Waals surface area contributed by atoms with E-state index in [9.17, 15) is 0 Å². The molecule has 2 fully saturated rings. The van der Waals surface area contributed by atoms with E-state index in [0.717, 1.165) is 11.2 Å². The summed E-state index contributed by atoms with van der Waals surface area (Å²) in [6, 6.07) is 61.0. The fourth-order valence-electron chi connectivity index (χ4n) is 16.6. The molecule has 4 atom stereocenters. The van der Waals surface area contributed by atoms with E-state index in [2.05, 4.69) is 223 Å². The topological polar surface area (TPSA) is 19.6 Å². The molecule has 1 aromatic heterocycles. The highest BCUT2D eigenvalue weighted by Gasteiger charge is 2.59. The van der Waals surface area contributed by atoms with Crippen molar-refractivity contribution in [2.45, 2.75) is 139 Å². The van der Waals surface area contributed by atoms with E-state index in [0.29, 0.717) is 0 Å². The summed E-state index contributed by atoms with van der Waals surface area (Å²) in [5.41, 5.74) is 25.8. The number of furan rings is 1. The third-order valence-electron chi connectivity index (χ3n) is 21.0. The molecule has 73 heavy (non-hydrogen) atoms. The number of fused-ring (bicyclic) bond motifs is 16. The minimum Gasteiger partial charge on any atom is -0.455 e. The van der Waals surface area contributed by atoms with Gasteiger partial charge in [-0.25, -0.2) is 0 Å². The van der Waals surface area contributed by atoms with Crippen molar-refractivity contribution in [2.24, 2.45) is 0 Å². The molecule has 362 valence electrons. The summed E-state index contributed by atoms with van der Waals surface area (Å²) in [4.78, 5) is 5.42. The van der Waals surface area contributed by atoms with Crippen LogP contribution in [-0.4, -0.2) is 11.1 Å². The molecule has 2 saturated carbocycles. The molecule has 4 unspecified atom stereocenters. The zero-order valence-corrected chi connectivity index (χ0v) is 44.0. The quantitative estimate of drug-likeness (QED) is 0.175. The van der Waals surface area contributed by atoms with Crippen LogP contribution in [0.4, 0.5) is 22.7 Å². The summed E-state index contributed by atoms with van der Waals surface area (Å²) in [6.07, 6.45) is 9.94. The predicted octanol–water partition coefficient (Wildman–Crippen LogP) is 19.0. The highest BCUT2D eigenvalue weighted by molar-refractivity contribution is 6.18. The van der Waals surface area contributed by atoms with Gasteiger partial charge in [-0.15, -0.1) is 0 Å². The first kappa shape index (κ1) is 43.7. The van der Waals surface area contributed by atoms with Gasteiger partial charge in [-0.05, 0) is 173 Å². The first-order valence-corrected chi connectivity index (χ1v) is 27.5. The lowest BCUT2D eigenvalue weighted by Gasteiger charge is -2.50. The van der Waals surface area contributed by atoms with Gasteiger partial charge in [0, 0.05) is 60.7 Å². The Balaban J connectivity index is 0.853. The van der Waals surface area contributed by atoms with Gasteiger partial charge < -0.3 is 14.2 Å². The summed E-state index contributed by atoms with van der Waals surface area (Å²) in [7, 11) is 0. The minimum atomic E-state index is -0.264. The van der Waals surface area contributed by atoms with Crippen LogP contribution in [0.2, 0.25) is 0 Å². The zero-order chi connectivity index (χ0) is 49.6. The molecule has 2 aliphatic heterocycles. The lowest BCUT2D eigenvalue weighted by molar-refractivity contribution is 0.195. The van der Waals surface area contributed by atoms with Crippen LogP contribution in [0, 0.1) is 0 Å². The number of benzene rings is 8. The highest BCUT2D eigenvalue weighted by atomic mass is 16.3. The van der Waals surface area contributed by atoms with Crippen molar-refractivity contribution < 1.29 is 4.42 Å². The minimum absolute atomic E-state index is 0.0106. The number of para-hydroxylation sites is 3. The lowest BCUT2D eigenvalue weighted by Crippen LogP contribution is -2.54. The van der Waals surface area contributed by atoms with Gasteiger partial charge in [-0.1, -0.05) is 164 Å². The average Bonchev–Trinajstić information content (AvgIpc) is 4.09. The van der Waals surface area contributed by atoms with E-state index < -0.39 is 0 Å². The molecule has 0 radical (unpaired) electrons. The van der Waals surface area contributed by atoms with Crippen LogP contribution < -0.4 is 9.80 Å². The van der Waals surface area contributed by atoms with Crippen molar-refractivity contribution in [2.75, 3.05) is 9.80 Å². The molecule has 6 aliphatic rings. The van der Waals surface area contributed by atoms with Crippen molar-refractivity contribution in [1.29, 1.82) is 0 Å². The Labute approximate surface area is 431 Å². The van der Waals surface area contributed by atoms with E-state index in [1.54, 1.807) is 0 Å². The SMILES string of the molecule is CC1(C)c2cc(-c3cccc(N4c5ccccc5C5(C)CCCCC45C)c3)ccc2-c2cc3c(cc21)C(C)(C)c1cc(-c2cccc(N4c5ccccc5C5(C)CCCCC45C)c2)c2c(oc4ccccc42)c1-3. The Kier molecular flexibility index (Phi) is 8.66. The number of hydrogen-bond acceptors (Lipinski definition) is 3. The molecule has 0 spiro atoms. The molecule has 3 heteroatoms. The van der Waals surface area contributed by atoms with Crippen LogP contribution in [0.3, 0.4) is 0 Å². The molecular formula is C70H66N2O. The summed E-state index contributed by atoms with van der Waals surface area (Å²) in [6.45, 7) is 19.9. The fourth-order valence-corrected chi connectivity index (χ4v) is 16.6. The van der Waals surface area contributed by atoms with Gasteiger partial charge >= 0.3 is 0 Å². The second-order valence-corrected chi connectivity index (χ2v) is 25.0. The fraction of sp³-hybridized carbons (Fsp3) is 0.314. The molecule has 9 aromatic rings. The Bertz CT molecular complexity index is 3870. The zero-order valence-electron chi connectivity index (χ0n) is 44.0. The molecular weight excluding hydrogens is 885 g/mol. The molecule has 0 amide bonds. The van der Waals surface area contributed by atoms with Gasteiger partial charge in [0.1, 0.15) is 11.2 Å². The second kappa shape index (κ2) is 14.5. The molecule has 0 bridgehead atoms. The van der Waals surface area contributed by atoms with E-state index in [-0.39, 0.29) is 32.7 Å². The molecule has 0 saturated heterocycles. The van der Waals surface area contributed by atoms with Crippen molar-refractivity contribution in [3.05, 3.63) is 191 Å². The average molecular weight is 951 g/mol. The molecule has 4 aliphatic carbocycles. The highest BCUT2D eigenvalue weighted by Crippen LogP contribution is 2.64. The van der Waals surface area contributed by atoms with Crippen LogP contribution in [0.15, 0.2) is 162 Å². The van der Waals surface area contributed by atoms with E-state index in [1.165, 1.54) is 163 Å². The van der Waals surface area contributed by atoms with Crippen LogP contribution in [-0.2, 0) is 21.7 Å². The van der Waals surface area contributed by atoms with E-state index in [4.69, 9.17) is 4.42 Å². The third kappa shape index (κ3) is 5.41. The van der Waals surface area contributed by atoms with Crippen LogP contribution >= 0.6 is 0 Å². The maximum Gasteiger partial charge on any atom is 0.144 e. The van der Waals surface area contributed by atoms with Gasteiger partial charge in [0.05, 0.1) is 11.1 Å². The maximum atomic E-state index is 7.17. The predicted molar refractivity (Wildman–Crippen MR) is 305 cm³/mol. The van der Waals surface area contributed by atoms with Crippen LogP contribution in [0.5, 0.6) is 0 Å². The number of nitrogens with zero attached hydrogens (tertiary/aromatic N) is 2. The maximum absolute atomic E-state index is 7.17. The normalized spacial score (nSPS) is 25.5. The van der Waals surface area contributed by atoms with E-state index in [1.807, 2.05) is 0 Å². The first-order chi connectivity index (χ1) is 35.2. The summed E-state index contributed by atoms with van der Waals surface area (Å²) >= 11 is 0. The smallest absolute Gasteiger partial charge is 0.144 e. The van der Waals surface area contributed by atoms with Crippen molar-refractivity contribution >= 4 is 44.7 Å². The molecule has 3 heterocycles. The summed E-state index contributed by atoms with van der Waals surface area (Å²) < 4.78 is 7.17. The second-order valence-electron chi connectivity index (χ2n) is 25.0. The summed E-state index contributed by atoms with van der Waals surface area (Å²) in [5.74, 6) is 0. The van der Waals surface area contributed by atoms with Crippen LogP contribution in [0.25, 0.3) is 66.4 Å². The van der Waals surface area contributed by atoms with Crippen molar-refractivity contribution in [3.63, 3.8) is 0 Å². The van der Waals surface area contributed by atoms with Gasteiger partial charge in [0.2, 0.25) is 0 Å². The largest absolute Gasteiger partial charge is 0.455 e. The number of hydrogen-bond donors (Lipinski definition) is 0. The van der Waals surface area contributed by atoms with Gasteiger partial charge in [-0.2, -0.15) is 0 Å². The molecule has 3 nitrogen and oxygen atoms in total. The lowest BCUT2D eigenvalue weighted by atomic mass is 9.61. The van der Waals surface area contributed by atoms with Crippen LogP contribution in [0.1, 0.15) is 140 Å². The molecule has 15 rings (SSSR count). The number of anilines is 4. The summed E-state index contributed by atoms with van der Waals surface area (Å²) in [5, 5.41) is 2.38. The standard InChI is InChI=1S/C70H66N2O/c1-65(2)55-39-44(43-21-19-23-46(37-43)71-59-28-12-10-26-53(59)67(5)33-15-17-35-69(67,71)7)31-32-48(55)51-40-52-57(42-56(51)65)66(3,4)58-41-50(62-49-25-9-14-30-61(49)73-64(62)63(52)58)45-22-20-24-47(38-45)72-60-29-13-11-27-54(60)68(6)34-16-18-36-70(68,72)8/h9-14,19-32,37-42H,15-18,33-36H2,1-8H3. The van der Waals surface area contributed by atoms with Crippen molar-refractivity contribution in [3.8, 4) is 44.5 Å². The molecule has 8 aromatic carbocycles. The third-order valence-corrected chi connectivity index (χ3v) is 21.0. The number of rotatable bonds is 4. The van der Waals surface area contributed by atoms with Crippen molar-refractivity contribution in [1.82, 2.24) is 0 Å². The Morgan fingerprint density at radius 2 is 0.918 bits per heavy atom. The Morgan fingerprint density at radius 3 is 1.59 bits per heavy atom. The first-order valence-electron chi connectivity index (χ1n) is 27.5. The monoisotopic (exact) mass is 951 g/mol. The van der Waals surface area contributed by atoms with Gasteiger partial charge in [0.15, 0.2) is 0 Å². The molecule has 0 N–H and O–H groups in total.